The first-order valence-electron chi connectivity index (χ1n) is 7.35. The Morgan fingerprint density at radius 3 is 2.60 bits per heavy atom. The number of phenols is 1. The molecule has 3 aromatic rings. The van der Waals surface area contributed by atoms with Crippen LogP contribution in [0, 0.1) is 10.1 Å². The van der Waals surface area contributed by atoms with E-state index in [2.05, 4.69) is 10.5 Å². The van der Waals surface area contributed by atoms with Crippen molar-refractivity contribution in [3.8, 4) is 5.75 Å². The SMILES string of the molecule is O=C(N/N=C\c1cccc2ccccc12)c1cccc([N+](=O)[O-])c1O. The second kappa shape index (κ2) is 6.79. The van der Waals surface area contributed by atoms with Crippen LogP contribution >= 0.6 is 0 Å². The number of nitro benzene ring substituents is 1. The van der Waals surface area contributed by atoms with E-state index < -0.39 is 22.3 Å². The third-order valence-electron chi connectivity index (χ3n) is 3.65. The summed E-state index contributed by atoms with van der Waals surface area (Å²) < 4.78 is 0. The highest BCUT2D eigenvalue weighted by Gasteiger charge is 2.20. The minimum atomic E-state index is -0.758. The topological polar surface area (TPSA) is 105 Å². The molecule has 124 valence electrons. The van der Waals surface area contributed by atoms with E-state index in [0.717, 1.165) is 22.4 Å². The molecule has 0 aromatic heterocycles. The van der Waals surface area contributed by atoms with E-state index in [1.165, 1.54) is 18.3 Å². The number of rotatable bonds is 4. The summed E-state index contributed by atoms with van der Waals surface area (Å²) in [6.07, 6.45) is 1.48. The zero-order chi connectivity index (χ0) is 17.8. The smallest absolute Gasteiger partial charge is 0.311 e. The van der Waals surface area contributed by atoms with Crippen molar-refractivity contribution in [1.82, 2.24) is 5.43 Å². The average molecular weight is 335 g/mol. The molecule has 0 aliphatic rings. The first-order valence-corrected chi connectivity index (χ1v) is 7.35. The van der Waals surface area contributed by atoms with Crippen molar-refractivity contribution in [3.05, 3.63) is 81.9 Å². The van der Waals surface area contributed by atoms with Gasteiger partial charge in [-0.05, 0) is 16.8 Å². The molecule has 0 atom stereocenters. The van der Waals surface area contributed by atoms with Gasteiger partial charge in [-0.3, -0.25) is 14.9 Å². The molecule has 3 aromatic carbocycles. The Kier molecular flexibility index (Phi) is 4.38. The number of nitro groups is 1. The van der Waals surface area contributed by atoms with Gasteiger partial charge in [-0.1, -0.05) is 48.5 Å². The minimum absolute atomic E-state index is 0.218. The second-order valence-corrected chi connectivity index (χ2v) is 5.20. The summed E-state index contributed by atoms with van der Waals surface area (Å²) in [6, 6.07) is 17.1. The van der Waals surface area contributed by atoms with E-state index in [9.17, 15) is 20.0 Å². The van der Waals surface area contributed by atoms with Gasteiger partial charge >= 0.3 is 5.69 Å². The van der Waals surface area contributed by atoms with Gasteiger partial charge in [0.25, 0.3) is 5.91 Å². The number of benzene rings is 3. The molecule has 1 amide bonds. The van der Waals surface area contributed by atoms with E-state index in [4.69, 9.17) is 0 Å². The van der Waals surface area contributed by atoms with Crippen LogP contribution in [-0.4, -0.2) is 22.2 Å². The molecule has 0 heterocycles. The molecule has 3 rings (SSSR count). The Hall–Kier alpha value is -3.74. The van der Waals surface area contributed by atoms with E-state index in [0.29, 0.717) is 0 Å². The van der Waals surface area contributed by atoms with Crippen LogP contribution < -0.4 is 5.43 Å². The number of hydrazone groups is 1. The molecule has 0 aliphatic heterocycles. The Morgan fingerprint density at radius 1 is 1.08 bits per heavy atom. The lowest BCUT2D eigenvalue weighted by Crippen LogP contribution is -2.18. The van der Waals surface area contributed by atoms with Crippen LogP contribution in [0.4, 0.5) is 5.69 Å². The van der Waals surface area contributed by atoms with E-state index >= 15 is 0 Å². The summed E-state index contributed by atoms with van der Waals surface area (Å²) in [7, 11) is 0. The molecular formula is C18H13N3O4. The zero-order valence-electron chi connectivity index (χ0n) is 12.9. The number of carbonyl (C=O) groups excluding carboxylic acids is 1. The molecule has 0 bridgehead atoms. The van der Waals surface area contributed by atoms with Gasteiger partial charge in [0.1, 0.15) is 0 Å². The summed E-state index contributed by atoms with van der Waals surface area (Å²) >= 11 is 0. The first-order chi connectivity index (χ1) is 12.1. The van der Waals surface area contributed by atoms with Crippen LogP contribution in [0.3, 0.4) is 0 Å². The third-order valence-corrected chi connectivity index (χ3v) is 3.65. The highest BCUT2D eigenvalue weighted by atomic mass is 16.6. The van der Waals surface area contributed by atoms with Gasteiger partial charge in [0.2, 0.25) is 5.75 Å². The predicted molar refractivity (Wildman–Crippen MR) is 93.8 cm³/mol. The van der Waals surface area contributed by atoms with Gasteiger partial charge in [0, 0.05) is 11.6 Å². The average Bonchev–Trinajstić information content (AvgIpc) is 2.61. The first kappa shape index (κ1) is 16.1. The maximum absolute atomic E-state index is 12.1. The fourth-order valence-corrected chi connectivity index (χ4v) is 2.45. The summed E-state index contributed by atoms with van der Waals surface area (Å²) in [5, 5.41) is 26.5. The van der Waals surface area contributed by atoms with Crippen LogP contribution in [0.25, 0.3) is 10.8 Å². The van der Waals surface area contributed by atoms with E-state index in [1.54, 1.807) is 0 Å². The zero-order valence-corrected chi connectivity index (χ0v) is 12.9. The van der Waals surface area contributed by atoms with Gasteiger partial charge in [0.15, 0.2) is 0 Å². The molecule has 0 radical (unpaired) electrons. The minimum Gasteiger partial charge on any atom is -0.502 e. The van der Waals surface area contributed by atoms with Crippen LogP contribution in [0.15, 0.2) is 65.8 Å². The van der Waals surface area contributed by atoms with Gasteiger partial charge in [0.05, 0.1) is 16.7 Å². The lowest BCUT2D eigenvalue weighted by molar-refractivity contribution is -0.385. The molecule has 0 saturated carbocycles. The number of nitrogens with zero attached hydrogens (tertiary/aromatic N) is 2. The lowest BCUT2D eigenvalue weighted by atomic mass is 10.1. The number of phenolic OH excluding ortho intramolecular Hbond substituents is 1. The Balaban J connectivity index is 1.82. The quantitative estimate of drug-likeness (QED) is 0.434. The standard InChI is InChI=1S/C18H13N3O4/c22-17-15(9-4-10-16(17)21(24)25)18(23)20-19-11-13-7-3-6-12-5-1-2-8-14(12)13/h1-11,22H,(H,20,23)/b19-11-. The van der Waals surface area contributed by atoms with Crippen molar-refractivity contribution in [2.75, 3.05) is 0 Å². The summed E-state index contributed by atoms with van der Waals surface area (Å²) in [5.41, 5.74) is 2.32. The number of aromatic hydroxyl groups is 1. The van der Waals surface area contributed by atoms with Crippen LogP contribution in [0.1, 0.15) is 15.9 Å². The molecule has 2 N–H and O–H groups in total. The normalized spacial score (nSPS) is 10.9. The largest absolute Gasteiger partial charge is 0.502 e. The van der Waals surface area contributed by atoms with Crippen molar-refractivity contribution in [3.63, 3.8) is 0 Å². The molecule has 25 heavy (non-hydrogen) atoms. The molecule has 0 unspecified atom stereocenters. The Bertz CT molecular complexity index is 993. The summed E-state index contributed by atoms with van der Waals surface area (Å²) in [5.74, 6) is -1.43. The van der Waals surface area contributed by atoms with E-state index in [-0.39, 0.29) is 5.56 Å². The Labute approximate surface area is 142 Å². The van der Waals surface area contributed by atoms with Crippen LogP contribution in [0.2, 0.25) is 0 Å². The summed E-state index contributed by atoms with van der Waals surface area (Å²) in [4.78, 5) is 22.1. The van der Waals surface area contributed by atoms with Crippen molar-refractivity contribution in [2.45, 2.75) is 0 Å². The number of para-hydroxylation sites is 1. The Morgan fingerprint density at radius 2 is 1.80 bits per heavy atom. The van der Waals surface area contributed by atoms with Gasteiger partial charge in [-0.2, -0.15) is 5.10 Å². The fourth-order valence-electron chi connectivity index (χ4n) is 2.45. The molecule has 7 nitrogen and oxygen atoms in total. The van der Waals surface area contributed by atoms with Crippen molar-refractivity contribution in [1.29, 1.82) is 0 Å². The molecular weight excluding hydrogens is 322 g/mol. The number of hydrogen-bond acceptors (Lipinski definition) is 5. The molecule has 7 heteroatoms. The summed E-state index contributed by atoms with van der Waals surface area (Å²) in [6.45, 7) is 0. The number of nitrogens with one attached hydrogen (secondary N) is 1. The highest BCUT2D eigenvalue weighted by molar-refractivity contribution is 6.01. The number of hydrogen-bond donors (Lipinski definition) is 2. The number of carbonyl (C=O) groups is 1. The third kappa shape index (κ3) is 3.30. The molecule has 0 saturated heterocycles. The molecule has 0 aliphatic carbocycles. The fraction of sp³-hybridized carbons (Fsp3) is 0. The van der Waals surface area contributed by atoms with Crippen molar-refractivity contribution < 1.29 is 14.8 Å². The van der Waals surface area contributed by atoms with Crippen LogP contribution in [0.5, 0.6) is 5.75 Å². The van der Waals surface area contributed by atoms with E-state index in [1.807, 2.05) is 42.5 Å². The van der Waals surface area contributed by atoms with Gasteiger partial charge in [-0.25, -0.2) is 5.43 Å². The lowest BCUT2D eigenvalue weighted by Gasteiger charge is -2.04. The monoisotopic (exact) mass is 335 g/mol. The van der Waals surface area contributed by atoms with Gasteiger partial charge in [-0.15, -0.1) is 0 Å². The predicted octanol–water partition coefficient (Wildman–Crippen LogP) is 3.22. The molecule has 0 fully saturated rings. The maximum atomic E-state index is 12.1. The molecule has 0 spiro atoms. The highest BCUT2D eigenvalue weighted by Crippen LogP contribution is 2.29. The number of amides is 1. The van der Waals surface area contributed by atoms with Gasteiger partial charge < -0.3 is 5.11 Å². The second-order valence-electron chi connectivity index (χ2n) is 5.20. The maximum Gasteiger partial charge on any atom is 0.311 e. The van der Waals surface area contributed by atoms with Crippen LogP contribution in [-0.2, 0) is 0 Å². The van der Waals surface area contributed by atoms with Crippen molar-refractivity contribution >= 4 is 28.6 Å². The van der Waals surface area contributed by atoms with Crippen molar-refractivity contribution in [2.24, 2.45) is 5.10 Å². The number of fused-ring (bicyclic) bond motifs is 1.